The molecule has 1 aromatic heterocycles. The molecule has 0 radical (unpaired) electrons. The van der Waals surface area contributed by atoms with Crippen molar-refractivity contribution < 1.29 is 0 Å². The first-order valence-electron chi connectivity index (χ1n) is 6.59. The lowest BCUT2D eigenvalue weighted by Crippen LogP contribution is -2.21. The Morgan fingerprint density at radius 1 is 1.30 bits per heavy atom. The molecule has 0 aliphatic carbocycles. The summed E-state index contributed by atoms with van der Waals surface area (Å²) in [5, 5.41) is 0.759. The number of aromatic nitrogens is 2. The molecule has 20 heavy (non-hydrogen) atoms. The molecular formula is C15H18BrN3S. The fourth-order valence-corrected chi connectivity index (χ4v) is 3.10. The standard InChI is InChI=1S/C15H18BrN3S/c1-3-12(17)6-11-4-5-14(13(16)7-11)20-15-18-8-10(2)9-19-15/h4-5,7-9,12H,3,6,17H2,1-2H3. The van der Waals surface area contributed by atoms with E-state index in [2.05, 4.69) is 51.0 Å². The molecule has 0 fully saturated rings. The number of rotatable bonds is 5. The molecule has 1 heterocycles. The van der Waals surface area contributed by atoms with Crippen molar-refractivity contribution in [3.8, 4) is 0 Å². The maximum absolute atomic E-state index is 5.99. The fourth-order valence-electron chi connectivity index (χ4n) is 1.73. The topological polar surface area (TPSA) is 51.8 Å². The second-order valence-electron chi connectivity index (χ2n) is 4.78. The number of aryl methyl sites for hydroxylation is 1. The van der Waals surface area contributed by atoms with E-state index in [0.29, 0.717) is 0 Å². The Bertz CT molecular complexity index is 572. The van der Waals surface area contributed by atoms with E-state index in [9.17, 15) is 0 Å². The molecule has 106 valence electrons. The van der Waals surface area contributed by atoms with Crippen LogP contribution >= 0.6 is 27.7 Å². The third kappa shape index (κ3) is 4.30. The van der Waals surface area contributed by atoms with Crippen LogP contribution in [0.2, 0.25) is 0 Å². The van der Waals surface area contributed by atoms with E-state index in [1.54, 1.807) is 11.8 Å². The van der Waals surface area contributed by atoms with E-state index in [1.807, 2.05) is 19.3 Å². The van der Waals surface area contributed by atoms with Gasteiger partial charge in [0.25, 0.3) is 0 Å². The predicted molar refractivity (Wildman–Crippen MR) is 87.0 cm³/mol. The van der Waals surface area contributed by atoms with Crippen molar-refractivity contribution in [3.05, 3.63) is 46.2 Å². The van der Waals surface area contributed by atoms with Gasteiger partial charge in [-0.2, -0.15) is 0 Å². The van der Waals surface area contributed by atoms with Gasteiger partial charge in [0, 0.05) is 27.8 Å². The number of benzene rings is 1. The summed E-state index contributed by atoms with van der Waals surface area (Å²) in [4.78, 5) is 9.73. The van der Waals surface area contributed by atoms with Crippen LogP contribution in [-0.2, 0) is 6.42 Å². The monoisotopic (exact) mass is 351 g/mol. The van der Waals surface area contributed by atoms with Crippen LogP contribution in [0.3, 0.4) is 0 Å². The third-order valence-electron chi connectivity index (χ3n) is 2.98. The minimum Gasteiger partial charge on any atom is -0.327 e. The van der Waals surface area contributed by atoms with Gasteiger partial charge in [-0.15, -0.1) is 0 Å². The molecule has 1 unspecified atom stereocenters. The molecule has 2 N–H and O–H groups in total. The van der Waals surface area contributed by atoms with Gasteiger partial charge in [-0.3, -0.25) is 0 Å². The van der Waals surface area contributed by atoms with E-state index in [4.69, 9.17) is 5.73 Å². The molecule has 1 aromatic carbocycles. The van der Waals surface area contributed by atoms with Crippen LogP contribution in [0.15, 0.2) is 45.1 Å². The molecule has 0 spiro atoms. The van der Waals surface area contributed by atoms with Crippen molar-refractivity contribution in [2.24, 2.45) is 5.73 Å². The fraction of sp³-hybridized carbons (Fsp3) is 0.333. The van der Waals surface area contributed by atoms with Crippen molar-refractivity contribution in [2.75, 3.05) is 0 Å². The Hall–Kier alpha value is -0.910. The van der Waals surface area contributed by atoms with Gasteiger partial charge < -0.3 is 5.73 Å². The van der Waals surface area contributed by atoms with Crippen molar-refractivity contribution in [1.29, 1.82) is 0 Å². The minimum atomic E-state index is 0.223. The summed E-state index contributed by atoms with van der Waals surface area (Å²) >= 11 is 5.17. The quantitative estimate of drug-likeness (QED) is 0.827. The average Bonchev–Trinajstić information content (AvgIpc) is 2.44. The van der Waals surface area contributed by atoms with Crippen molar-refractivity contribution in [2.45, 2.75) is 42.8 Å². The Morgan fingerprint density at radius 2 is 2.00 bits per heavy atom. The summed E-state index contributed by atoms with van der Waals surface area (Å²) in [7, 11) is 0. The van der Waals surface area contributed by atoms with Crippen LogP contribution < -0.4 is 5.73 Å². The Labute approximate surface area is 132 Å². The van der Waals surface area contributed by atoms with E-state index in [0.717, 1.165) is 32.9 Å². The van der Waals surface area contributed by atoms with Gasteiger partial charge in [-0.25, -0.2) is 9.97 Å². The number of hydrogen-bond acceptors (Lipinski definition) is 4. The number of nitrogens with two attached hydrogens (primary N) is 1. The molecule has 0 aliphatic heterocycles. The molecule has 0 saturated heterocycles. The maximum Gasteiger partial charge on any atom is 0.192 e. The van der Waals surface area contributed by atoms with Gasteiger partial charge in [-0.05, 0) is 70.7 Å². The Morgan fingerprint density at radius 3 is 2.60 bits per heavy atom. The Kier molecular flexibility index (Phi) is 5.57. The smallest absolute Gasteiger partial charge is 0.192 e. The van der Waals surface area contributed by atoms with Crippen molar-refractivity contribution in [1.82, 2.24) is 9.97 Å². The number of nitrogens with zero attached hydrogens (tertiary/aromatic N) is 2. The zero-order valence-electron chi connectivity index (χ0n) is 11.6. The molecule has 0 saturated carbocycles. The zero-order chi connectivity index (χ0) is 14.5. The normalized spacial score (nSPS) is 12.4. The summed E-state index contributed by atoms with van der Waals surface area (Å²) in [5.41, 5.74) is 8.31. The van der Waals surface area contributed by atoms with Crippen molar-refractivity contribution >= 4 is 27.7 Å². The maximum atomic E-state index is 5.99. The van der Waals surface area contributed by atoms with Gasteiger partial charge in [0.15, 0.2) is 5.16 Å². The van der Waals surface area contributed by atoms with Crippen LogP contribution in [-0.4, -0.2) is 16.0 Å². The lowest BCUT2D eigenvalue weighted by Gasteiger charge is -2.10. The lowest BCUT2D eigenvalue weighted by atomic mass is 10.1. The van der Waals surface area contributed by atoms with Gasteiger partial charge >= 0.3 is 0 Å². The number of hydrogen-bond donors (Lipinski definition) is 1. The van der Waals surface area contributed by atoms with Gasteiger partial charge in [0.1, 0.15) is 0 Å². The highest BCUT2D eigenvalue weighted by atomic mass is 79.9. The molecule has 0 amide bonds. The summed E-state index contributed by atoms with van der Waals surface area (Å²) < 4.78 is 1.06. The molecule has 3 nitrogen and oxygen atoms in total. The third-order valence-corrected chi connectivity index (χ3v) is 4.86. The summed E-state index contributed by atoms with van der Waals surface area (Å²) in [6.45, 7) is 4.09. The van der Waals surface area contributed by atoms with Crippen molar-refractivity contribution in [3.63, 3.8) is 0 Å². The Balaban J connectivity index is 2.11. The van der Waals surface area contributed by atoms with Crippen LogP contribution in [0.25, 0.3) is 0 Å². The van der Waals surface area contributed by atoms with Gasteiger partial charge in [0.2, 0.25) is 0 Å². The second-order valence-corrected chi connectivity index (χ2v) is 6.65. The summed E-state index contributed by atoms with van der Waals surface area (Å²) in [6.07, 6.45) is 5.56. The number of halogens is 1. The van der Waals surface area contributed by atoms with Crippen LogP contribution in [0.1, 0.15) is 24.5 Å². The van der Waals surface area contributed by atoms with E-state index >= 15 is 0 Å². The molecule has 0 bridgehead atoms. The first kappa shape index (κ1) is 15.5. The largest absolute Gasteiger partial charge is 0.327 e. The predicted octanol–water partition coefficient (Wildman–Crippen LogP) is 3.98. The van der Waals surface area contributed by atoms with E-state index < -0.39 is 0 Å². The van der Waals surface area contributed by atoms with Gasteiger partial charge in [0.05, 0.1) is 0 Å². The summed E-state index contributed by atoms with van der Waals surface area (Å²) in [5.74, 6) is 0. The first-order valence-corrected chi connectivity index (χ1v) is 8.20. The van der Waals surface area contributed by atoms with E-state index in [1.165, 1.54) is 5.56 Å². The van der Waals surface area contributed by atoms with Gasteiger partial charge in [-0.1, -0.05) is 13.0 Å². The molecule has 5 heteroatoms. The minimum absolute atomic E-state index is 0.223. The average molecular weight is 352 g/mol. The van der Waals surface area contributed by atoms with Crippen LogP contribution in [0.4, 0.5) is 0 Å². The molecular weight excluding hydrogens is 334 g/mol. The second kappa shape index (κ2) is 7.20. The molecule has 2 aromatic rings. The summed E-state index contributed by atoms with van der Waals surface area (Å²) in [6, 6.07) is 6.57. The van der Waals surface area contributed by atoms with Crippen LogP contribution in [0.5, 0.6) is 0 Å². The first-order chi connectivity index (χ1) is 9.58. The highest BCUT2D eigenvalue weighted by molar-refractivity contribution is 9.10. The highest BCUT2D eigenvalue weighted by Crippen LogP contribution is 2.32. The lowest BCUT2D eigenvalue weighted by molar-refractivity contribution is 0.646. The van der Waals surface area contributed by atoms with Crippen LogP contribution in [0, 0.1) is 6.92 Å². The SMILES string of the molecule is CCC(N)Cc1ccc(Sc2ncc(C)cn2)c(Br)c1. The van der Waals surface area contributed by atoms with E-state index in [-0.39, 0.29) is 6.04 Å². The molecule has 2 rings (SSSR count). The highest BCUT2D eigenvalue weighted by Gasteiger charge is 2.07. The zero-order valence-corrected chi connectivity index (χ0v) is 14.0. The molecule has 1 atom stereocenters. The molecule has 0 aliphatic rings.